The SMILES string of the molecule is CC(C)[C@](C)(C#N)NC(=O)[C@@H](C)OC(=O)c1ccc(N(C)C)cc1. The van der Waals surface area contributed by atoms with E-state index in [9.17, 15) is 14.9 Å². The van der Waals surface area contributed by atoms with Crippen molar-refractivity contribution in [2.45, 2.75) is 39.3 Å². The minimum Gasteiger partial charge on any atom is -0.449 e. The number of carbonyl (C=O) groups excluding carboxylic acids is 2. The molecule has 0 aliphatic rings. The number of carbonyl (C=O) groups is 2. The number of hydrogen-bond donors (Lipinski definition) is 1. The fraction of sp³-hybridized carbons (Fsp3) is 0.500. The van der Waals surface area contributed by atoms with Crippen LogP contribution >= 0.6 is 0 Å². The summed E-state index contributed by atoms with van der Waals surface area (Å²) in [6, 6.07) is 8.98. The van der Waals surface area contributed by atoms with Gasteiger partial charge < -0.3 is 15.0 Å². The van der Waals surface area contributed by atoms with E-state index in [0.29, 0.717) is 5.56 Å². The first kappa shape index (κ1) is 19.5. The molecule has 0 aromatic heterocycles. The first-order valence-electron chi connectivity index (χ1n) is 7.82. The summed E-state index contributed by atoms with van der Waals surface area (Å²) in [7, 11) is 3.81. The Kier molecular flexibility index (Phi) is 6.35. The van der Waals surface area contributed by atoms with E-state index in [2.05, 4.69) is 11.4 Å². The first-order chi connectivity index (χ1) is 11.1. The number of ether oxygens (including phenoxy) is 1. The third-order valence-corrected chi connectivity index (χ3v) is 4.04. The Balaban J connectivity index is 2.73. The molecule has 1 aromatic carbocycles. The van der Waals surface area contributed by atoms with E-state index in [-0.39, 0.29) is 5.92 Å². The number of anilines is 1. The highest BCUT2D eigenvalue weighted by Gasteiger charge is 2.32. The Labute approximate surface area is 143 Å². The van der Waals surface area contributed by atoms with Gasteiger partial charge in [-0.15, -0.1) is 0 Å². The van der Waals surface area contributed by atoms with Gasteiger partial charge in [0, 0.05) is 19.8 Å². The number of hydrogen-bond acceptors (Lipinski definition) is 5. The van der Waals surface area contributed by atoms with Crippen molar-refractivity contribution in [2.24, 2.45) is 5.92 Å². The van der Waals surface area contributed by atoms with Crippen molar-refractivity contribution in [3.05, 3.63) is 29.8 Å². The summed E-state index contributed by atoms with van der Waals surface area (Å²) in [5.74, 6) is -1.15. The summed E-state index contributed by atoms with van der Waals surface area (Å²) >= 11 is 0. The maximum Gasteiger partial charge on any atom is 0.338 e. The third kappa shape index (κ3) is 4.72. The van der Waals surface area contributed by atoms with Crippen LogP contribution in [0.3, 0.4) is 0 Å². The average molecular weight is 331 g/mol. The van der Waals surface area contributed by atoms with Gasteiger partial charge in [-0.3, -0.25) is 4.79 Å². The molecule has 1 N–H and O–H groups in total. The highest BCUT2D eigenvalue weighted by molar-refractivity contribution is 5.92. The molecule has 0 aliphatic carbocycles. The predicted molar refractivity (Wildman–Crippen MR) is 92.6 cm³/mol. The number of nitrogens with one attached hydrogen (secondary N) is 1. The molecule has 2 atom stereocenters. The lowest BCUT2D eigenvalue weighted by Crippen LogP contribution is -2.52. The van der Waals surface area contributed by atoms with Crippen LogP contribution in [0, 0.1) is 17.2 Å². The molecule has 0 fully saturated rings. The summed E-state index contributed by atoms with van der Waals surface area (Å²) < 4.78 is 5.19. The smallest absolute Gasteiger partial charge is 0.338 e. The van der Waals surface area contributed by atoms with Gasteiger partial charge in [0.2, 0.25) is 0 Å². The zero-order chi connectivity index (χ0) is 18.5. The van der Waals surface area contributed by atoms with E-state index in [1.807, 2.05) is 32.8 Å². The fourth-order valence-corrected chi connectivity index (χ4v) is 1.84. The summed E-state index contributed by atoms with van der Waals surface area (Å²) in [5.41, 5.74) is 0.316. The van der Waals surface area contributed by atoms with E-state index >= 15 is 0 Å². The van der Waals surface area contributed by atoms with E-state index in [0.717, 1.165) is 5.69 Å². The van der Waals surface area contributed by atoms with Gasteiger partial charge in [-0.05, 0) is 44.0 Å². The minimum atomic E-state index is -1.01. The quantitative estimate of drug-likeness (QED) is 0.809. The fourth-order valence-electron chi connectivity index (χ4n) is 1.84. The zero-order valence-corrected chi connectivity index (χ0v) is 15.1. The second-order valence-corrected chi connectivity index (χ2v) is 6.45. The van der Waals surface area contributed by atoms with Crippen molar-refractivity contribution in [2.75, 3.05) is 19.0 Å². The van der Waals surface area contributed by atoms with Gasteiger partial charge in [-0.25, -0.2) is 4.79 Å². The van der Waals surface area contributed by atoms with Crippen molar-refractivity contribution in [3.63, 3.8) is 0 Å². The third-order valence-electron chi connectivity index (χ3n) is 4.04. The second kappa shape index (κ2) is 7.82. The lowest BCUT2D eigenvalue weighted by atomic mass is 9.90. The second-order valence-electron chi connectivity index (χ2n) is 6.45. The Hall–Kier alpha value is -2.55. The molecular formula is C18H25N3O3. The van der Waals surface area contributed by atoms with E-state index in [1.165, 1.54) is 6.92 Å². The Morgan fingerprint density at radius 1 is 1.21 bits per heavy atom. The molecule has 0 unspecified atom stereocenters. The first-order valence-corrected chi connectivity index (χ1v) is 7.82. The summed E-state index contributed by atoms with van der Waals surface area (Å²) in [5, 5.41) is 11.9. The zero-order valence-electron chi connectivity index (χ0n) is 15.1. The van der Waals surface area contributed by atoms with E-state index in [4.69, 9.17) is 4.74 Å². The molecule has 0 heterocycles. The Morgan fingerprint density at radius 3 is 2.17 bits per heavy atom. The van der Waals surface area contributed by atoms with E-state index < -0.39 is 23.5 Å². The molecule has 1 rings (SSSR count). The van der Waals surface area contributed by atoms with Crippen molar-refractivity contribution < 1.29 is 14.3 Å². The summed E-state index contributed by atoms with van der Waals surface area (Å²) in [6.45, 7) is 6.81. The molecule has 0 saturated heterocycles. The van der Waals surface area contributed by atoms with Gasteiger partial charge in [0.25, 0.3) is 5.91 Å². The molecule has 1 aromatic rings. The monoisotopic (exact) mass is 331 g/mol. The maximum absolute atomic E-state index is 12.2. The molecule has 6 nitrogen and oxygen atoms in total. The number of esters is 1. The van der Waals surface area contributed by atoms with Crippen LogP contribution < -0.4 is 10.2 Å². The largest absolute Gasteiger partial charge is 0.449 e. The van der Waals surface area contributed by atoms with Crippen LogP contribution in [-0.2, 0) is 9.53 Å². The number of nitrogens with zero attached hydrogens (tertiary/aromatic N) is 2. The van der Waals surface area contributed by atoms with Crippen LogP contribution in [0.2, 0.25) is 0 Å². The lowest BCUT2D eigenvalue weighted by molar-refractivity contribution is -0.130. The van der Waals surface area contributed by atoms with Crippen molar-refractivity contribution in [1.29, 1.82) is 5.26 Å². The number of rotatable bonds is 6. The molecule has 1 amide bonds. The summed E-state index contributed by atoms with van der Waals surface area (Å²) in [4.78, 5) is 26.2. The number of nitriles is 1. The normalized spacial score (nSPS) is 14.2. The van der Waals surface area contributed by atoms with Crippen LogP contribution in [0.15, 0.2) is 24.3 Å². The highest BCUT2D eigenvalue weighted by Crippen LogP contribution is 2.16. The minimum absolute atomic E-state index is 0.0760. The van der Waals surface area contributed by atoms with E-state index in [1.54, 1.807) is 31.2 Å². The Bertz CT molecular complexity index is 632. The molecule has 0 saturated carbocycles. The molecular weight excluding hydrogens is 306 g/mol. The Morgan fingerprint density at radius 2 is 1.75 bits per heavy atom. The standard InChI is InChI=1S/C18H25N3O3/c1-12(2)18(4,11-19)20-16(22)13(3)24-17(23)14-7-9-15(10-8-14)21(5)6/h7-10,12-13H,1-6H3,(H,20,22)/t13-,18+/m1/s1. The molecule has 6 heteroatoms. The van der Waals surface area contributed by atoms with Gasteiger partial charge in [-0.2, -0.15) is 5.26 Å². The summed E-state index contributed by atoms with van der Waals surface area (Å²) in [6.07, 6.45) is -0.988. The predicted octanol–water partition coefficient (Wildman–Crippen LogP) is 2.35. The van der Waals surface area contributed by atoms with Crippen molar-refractivity contribution in [3.8, 4) is 6.07 Å². The van der Waals surface area contributed by atoms with Gasteiger partial charge in [-0.1, -0.05) is 13.8 Å². The number of benzene rings is 1. The topological polar surface area (TPSA) is 82.4 Å². The van der Waals surface area contributed by atoms with Crippen LogP contribution in [0.5, 0.6) is 0 Å². The number of amides is 1. The van der Waals surface area contributed by atoms with Gasteiger partial charge in [0.05, 0.1) is 11.6 Å². The van der Waals surface area contributed by atoms with Crippen molar-refractivity contribution in [1.82, 2.24) is 5.32 Å². The van der Waals surface area contributed by atoms with Gasteiger partial charge >= 0.3 is 5.97 Å². The molecule has 24 heavy (non-hydrogen) atoms. The highest BCUT2D eigenvalue weighted by atomic mass is 16.5. The van der Waals surface area contributed by atoms with Crippen LogP contribution in [0.1, 0.15) is 38.1 Å². The van der Waals surface area contributed by atoms with Crippen LogP contribution in [0.25, 0.3) is 0 Å². The van der Waals surface area contributed by atoms with Gasteiger partial charge in [0.15, 0.2) is 6.10 Å². The molecule has 0 radical (unpaired) electrons. The molecule has 0 aliphatic heterocycles. The van der Waals surface area contributed by atoms with Gasteiger partial charge in [0.1, 0.15) is 5.54 Å². The average Bonchev–Trinajstić information content (AvgIpc) is 2.54. The molecule has 0 spiro atoms. The van der Waals surface area contributed by atoms with Crippen LogP contribution in [0.4, 0.5) is 5.69 Å². The lowest BCUT2D eigenvalue weighted by Gasteiger charge is -2.28. The maximum atomic E-state index is 12.2. The van der Waals surface area contributed by atoms with Crippen molar-refractivity contribution >= 4 is 17.6 Å². The molecule has 130 valence electrons. The van der Waals surface area contributed by atoms with Crippen LogP contribution in [-0.4, -0.2) is 37.6 Å². The molecule has 0 bridgehead atoms.